The van der Waals surface area contributed by atoms with Crippen LogP contribution in [0.15, 0.2) is 67.9 Å². The number of carbonyl (C=O) groups excluding carboxylic acids is 1. The molecule has 4 aromatic rings. The van der Waals surface area contributed by atoms with E-state index in [1.807, 2.05) is 18.2 Å². The Morgan fingerprint density at radius 1 is 1.10 bits per heavy atom. The average molecular weight is 521 g/mol. The van der Waals surface area contributed by atoms with Gasteiger partial charge in [0, 0.05) is 15.6 Å². The van der Waals surface area contributed by atoms with Gasteiger partial charge in [-0.05, 0) is 24.3 Å². The Morgan fingerprint density at radius 3 is 2.68 bits per heavy atom. The molecule has 0 unspecified atom stereocenters. The lowest BCUT2D eigenvalue weighted by molar-refractivity contribution is 0.102. The number of anilines is 1. The third-order valence-corrected chi connectivity index (χ3v) is 6.96. The Balaban J connectivity index is 1.40. The Bertz CT molecular complexity index is 1320. The smallest absolute Gasteiger partial charge is 0.270 e. The molecule has 2 aromatic carbocycles. The summed E-state index contributed by atoms with van der Waals surface area (Å²) in [5.74, 6) is -0.00223. The number of carbonyl (C=O) groups is 1. The van der Waals surface area contributed by atoms with Crippen LogP contribution in [0.4, 0.5) is 5.13 Å². The molecule has 10 nitrogen and oxygen atoms in total. The number of benzene rings is 2. The Kier molecular flexibility index (Phi) is 6.18. The minimum absolute atomic E-state index is 0.0592. The van der Waals surface area contributed by atoms with Gasteiger partial charge in [-0.3, -0.25) is 10.1 Å². The molecular weight excluding hydrogens is 508 g/mol. The largest absolute Gasteiger partial charge is 0.338 e. The summed E-state index contributed by atoms with van der Waals surface area (Å²) in [6, 6.07) is 15.8. The van der Waals surface area contributed by atoms with Crippen molar-refractivity contribution in [2.75, 3.05) is 5.32 Å². The fourth-order valence-corrected chi connectivity index (χ4v) is 4.73. The molecule has 1 amide bonds. The van der Waals surface area contributed by atoms with E-state index in [1.54, 1.807) is 36.4 Å². The van der Waals surface area contributed by atoms with Crippen LogP contribution in [0.2, 0.25) is 0 Å². The van der Waals surface area contributed by atoms with Crippen molar-refractivity contribution in [3.63, 3.8) is 0 Å². The molecule has 0 saturated heterocycles. The van der Waals surface area contributed by atoms with Gasteiger partial charge in [0.15, 0.2) is 0 Å². The van der Waals surface area contributed by atoms with Gasteiger partial charge in [0.2, 0.25) is 21.2 Å². The lowest BCUT2D eigenvalue weighted by Crippen LogP contribution is -2.23. The van der Waals surface area contributed by atoms with Crippen molar-refractivity contribution in [3.8, 4) is 11.4 Å². The van der Waals surface area contributed by atoms with E-state index in [0.717, 1.165) is 21.4 Å². The molecule has 0 aliphatic carbocycles. The highest BCUT2D eigenvalue weighted by Crippen LogP contribution is 2.22. The van der Waals surface area contributed by atoms with Crippen LogP contribution in [0.3, 0.4) is 0 Å². The van der Waals surface area contributed by atoms with Gasteiger partial charge < -0.3 is 4.52 Å². The van der Waals surface area contributed by atoms with Crippen LogP contribution >= 0.6 is 27.3 Å². The normalized spacial score (nSPS) is 11.4. The number of sulfonamides is 1. The molecule has 2 N–H and O–H groups in total. The summed E-state index contributed by atoms with van der Waals surface area (Å²) in [5, 5.41) is 13.8. The first-order chi connectivity index (χ1) is 14.9. The zero-order valence-electron chi connectivity index (χ0n) is 15.5. The number of amides is 1. The van der Waals surface area contributed by atoms with Gasteiger partial charge in [-0.1, -0.05) is 62.8 Å². The standard InChI is InChI=1S/C18H13BrN6O4S2/c19-13-8-4-7-12(9-13)15-21-14(29-25-15)10-20-31(27,28)18-24-23-17(30-18)22-16(26)11-5-2-1-3-6-11/h1-9,20H,10H2,(H,22,23,26). The maximum atomic E-state index is 12.5. The first-order valence-corrected chi connectivity index (χ1v) is 11.8. The zero-order chi connectivity index (χ0) is 21.8. The van der Waals surface area contributed by atoms with Crippen LogP contribution < -0.4 is 10.0 Å². The van der Waals surface area contributed by atoms with E-state index >= 15 is 0 Å². The monoisotopic (exact) mass is 520 g/mol. The lowest BCUT2D eigenvalue weighted by Gasteiger charge is -2.00. The van der Waals surface area contributed by atoms with E-state index in [9.17, 15) is 13.2 Å². The molecule has 4 rings (SSSR count). The molecular formula is C18H13BrN6O4S2. The van der Waals surface area contributed by atoms with Crippen molar-refractivity contribution < 1.29 is 17.7 Å². The van der Waals surface area contributed by atoms with E-state index in [2.05, 4.69) is 46.3 Å². The van der Waals surface area contributed by atoms with Crippen LogP contribution in [-0.4, -0.2) is 34.7 Å². The summed E-state index contributed by atoms with van der Waals surface area (Å²) in [6.45, 7) is -0.228. The van der Waals surface area contributed by atoms with Crippen LogP contribution in [0.1, 0.15) is 16.2 Å². The van der Waals surface area contributed by atoms with E-state index in [0.29, 0.717) is 11.4 Å². The van der Waals surface area contributed by atoms with E-state index in [1.165, 1.54) is 0 Å². The third kappa shape index (κ3) is 5.19. The van der Waals surface area contributed by atoms with Crippen molar-refractivity contribution in [1.29, 1.82) is 0 Å². The number of rotatable bonds is 7. The predicted octanol–water partition coefficient (Wildman–Crippen LogP) is 3.08. The van der Waals surface area contributed by atoms with Crippen LogP contribution in [0.5, 0.6) is 0 Å². The fourth-order valence-electron chi connectivity index (χ4n) is 2.42. The Hall–Kier alpha value is -3.00. The van der Waals surface area contributed by atoms with Crippen molar-refractivity contribution in [2.45, 2.75) is 10.9 Å². The number of hydrogen-bond acceptors (Lipinski definition) is 9. The van der Waals surface area contributed by atoms with Crippen LogP contribution in [0, 0.1) is 0 Å². The number of hydrogen-bond donors (Lipinski definition) is 2. The van der Waals surface area contributed by atoms with Gasteiger partial charge in [0.25, 0.3) is 15.9 Å². The topological polar surface area (TPSA) is 140 Å². The minimum atomic E-state index is -3.99. The first kappa shape index (κ1) is 21.2. The zero-order valence-corrected chi connectivity index (χ0v) is 18.7. The molecule has 0 fully saturated rings. The van der Waals surface area contributed by atoms with E-state index in [4.69, 9.17) is 4.52 Å². The highest BCUT2D eigenvalue weighted by Gasteiger charge is 2.22. The summed E-state index contributed by atoms with van der Waals surface area (Å²) >= 11 is 4.09. The van der Waals surface area contributed by atoms with E-state index < -0.39 is 15.9 Å². The van der Waals surface area contributed by atoms with Gasteiger partial charge >= 0.3 is 0 Å². The minimum Gasteiger partial charge on any atom is -0.338 e. The molecule has 0 saturated carbocycles. The average Bonchev–Trinajstić information content (AvgIpc) is 3.43. The number of nitrogens with one attached hydrogen (secondary N) is 2. The second-order valence-electron chi connectivity index (χ2n) is 6.04. The molecule has 0 spiro atoms. The molecule has 158 valence electrons. The fraction of sp³-hybridized carbons (Fsp3) is 0.0556. The molecule has 13 heteroatoms. The first-order valence-electron chi connectivity index (χ1n) is 8.69. The second kappa shape index (κ2) is 9.01. The Labute approximate surface area is 188 Å². The summed E-state index contributed by atoms with van der Waals surface area (Å²) in [4.78, 5) is 16.3. The molecule has 0 aliphatic heterocycles. The number of aromatic nitrogens is 4. The Morgan fingerprint density at radius 2 is 1.90 bits per heavy atom. The molecule has 2 aromatic heterocycles. The van der Waals surface area contributed by atoms with Gasteiger partial charge in [-0.15, -0.1) is 10.2 Å². The summed E-state index contributed by atoms with van der Waals surface area (Å²) < 4.78 is 32.9. The van der Waals surface area contributed by atoms with Gasteiger partial charge in [0.05, 0.1) is 6.54 Å². The number of halogens is 1. The summed E-state index contributed by atoms with van der Waals surface area (Å²) in [6.07, 6.45) is 0. The summed E-state index contributed by atoms with van der Waals surface area (Å²) in [7, 11) is -3.99. The highest BCUT2D eigenvalue weighted by molar-refractivity contribution is 9.10. The quantitative estimate of drug-likeness (QED) is 0.354. The third-order valence-electron chi connectivity index (χ3n) is 3.86. The van der Waals surface area contributed by atoms with Gasteiger partial charge in [-0.2, -0.15) is 9.71 Å². The van der Waals surface area contributed by atoms with Crippen molar-refractivity contribution in [2.24, 2.45) is 0 Å². The maximum Gasteiger partial charge on any atom is 0.270 e. The summed E-state index contributed by atoms with van der Waals surface area (Å²) in [5.41, 5.74) is 1.13. The molecule has 0 aliphatic rings. The van der Waals surface area contributed by atoms with Crippen LogP contribution in [0.25, 0.3) is 11.4 Å². The predicted molar refractivity (Wildman–Crippen MR) is 116 cm³/mol. The second-order valence-corrected chi connectivity index (χ2v) is 9.87. The van der Waals surface area contributed by atoms with Crippen molar-refractivity contribution >= 4 is 48.3 Å². The highest BCUT2D eigenvalue weighted by atomic mass is 79.9. The molecule has 31 heavy (non-hydrogen) atoms. The number of nitrogens with zero attached hydrogens (tertiary/aromatic N) is 4. The van der Waals surface area contributed by atoms with Gasteiger partial charge in [-0.25, -0.2) is 8.42 Å². The molecule has 0 atom stereocenters. The van der Waals surface area contributed by atoms with Gasteiger partial charge in [0.1, 0.15) is 0 Å². The molecule has 0 radical (unpaired) electrons. The lowest BCUT2D eigenvalue weighted by atomic mass is 10.2. The molecule has 0 bridgehead atoms. The van der Waals surface area contributed by atoms with Crippen molar-refractivity contribution in [3.05, 3.63) is 70.5 Å². The SMILES string of the molecule is O=C(Nc1nnc(S(=O)(=O)NCc2nc(-c3cccc(Br)c3)no2)s1)c1ccccc1. The van der Waals surface area contributed by atoms with Crippen LogP contribution in [-0.2, 0) is 16.6 Å². The maximum absolute atomic E-state index is 12.5. The van der Waals surface area contributed by atoms with E-state index in [-0.39, 0.29) is 21.9 Å². The molecule has 2 heterocycles. The van der Waals surface area contributed by atoms with Crippen molar-refractivity contribution in [1.82, 2.24) is 25.1 Å².